The Morgan fingerprint density at radius 2 is 1.95 bits per heavy atom. The fourth-order valence-electron chi connectivity index (χ4n) is 2.22. The van der Waals surface area contributed by atoms with Gasteiger partial charge in [-0.15, -0.1) is 0 Å². The van der Waals surface area contributed by atoms with E-state index in [1.165, 1.54) is 0 Å². The molecule has 0 aliphatic heterocycles. The fraction of sp³-hybridized carbons (Fsp3) is 0.846. The molecule has 8 nitrogen and oxygen atoms in total. The molecule has 0 unspecified atom stereocenters. The van der Waals surface area contributed by atoms with Crippen LogP contribution in [0, 0.1) is 0 Å². The first-order valence-electron chi connectivity index (χ1n) is 7.26. The molecular weight excluding hydrogens is 312 g/mol. The minimum absolute atomic E-state index is 0.0531. The third kappa shape index (κ3) is 6.71. The second-order valence-electron chi connectivity index (χ2n) is 5.81. The van der Waals surface area contributed by atoms with E-state index in [0.717, 1.165) is 6.42 Å². The van der Waals surface area contributed by atoms with E-state index in [0.29, 0.717) is 12.8 Å². The molecular formula is C13H24N2O6S. The van der Waals surface area contributed by atoms with Gasteiger partial charge in [0.2, 0.25) is 15.9 Å². The number of rotatable bonds is 10. The van der Waals surface area contributed by atoms with Gasteiger partial charge in [0.1, 0.15) is 0 Å². The van der Waals surface area contributed by atoms with Crippen LogP contribution < -0.4 is 10.0 Å². The maximum absolute atomic E-state index is 11.8. The molecule has 3 N–H and O–H groups in total. The first-order valence-corrected chi connectivity index (χ1v) is 8.91. The lowest BCUT2D eigenvalue weighted by Crippen LogP contribution is -2.56. The molecule has 128 valence electrons. The molecule has 0 atom stereocenters. The van der Waals surface area contributed by atoms with Crippen LogP contribution in [0.15, 0.2) is 0 Å². The van der Waals surface area contributed by atoms with Crippen molar-refractivity contribution in [1.29, 1.82) is 0 Å². The lowest BCUT2D eigenvalue weighted by molar-refractivity contribution is -0.140. The summed E-state index contributed by atoms with van der Waals surface area (Å²) in [5.74, 6) is -1.72. The van der Waals surface area contributed by atoms with E-state index in [1.807, 2.05) is 0 Å². The van der Waals surface area contributed by atoms with Crippen LogP contribution in [0.2, 0.25) is 0 Å². The highest BCUT2D eigenvalue weighted by Crippen LogP contribution is 2.34. The first-order chi connectivity index (χ1) is 10.1. The Kier molecular flexibility index (Phi) is 6.76. The minimum atomic E-state index is -3.59. The van der Waals surface area contributed by atoms with E-state index >= 15 is 0 Å². The van der Waals surface area contributed by atoms with Gasteiger partial charge in [-0.25, -0.2) is 13.1 Å². The van der Waals surface area contributed by atoms with Crippen LogP contribution in [0.5, 0.6) is 0 Å². The van der Waals surface area contributed by atoms with E-state index in [4.69, 9.17) is 9.84 Å². The largest absolute Gasteiger partial charge is 0.481 e. The summed E-state index contributed by atoms with van der Waals surface area (Å²) in [4.78, 5) is 22.6. The molecule has 22 heavy (non-hydrogen) atoms. The Bertz CT molecular complexity index is 499. The summed E-state index contributed by atoms with van der Waals surface area (Å²) in [6, 6.07) is 0. The third-order valence-electron chi connectivity index (χ3n) is 3.46. The standard InChI is InChI=1S/C13H24N2O6S/c1-10(2)21-6-7-22(19,20)14-9-11(16)15-13(4-3-5-13)8-12(17)18/h10,14H,3-9H2,1-2H3,(H,15,16)(H,17,18). The van der Waals surface area contributed by atoms with Gasteiger partial charge in [0, 0.05) is 0 Å². The zero-order chi connectivity index (χ0) is 16.8. The molecule has 1 saturated carbocycles. The Labute approximate surface area is 130 Å². The molecule has 0 saturated heterocycles. The second kappa shape index (κ2) is 7.89. The second-order valence-corrected chi connectivity index (χ2v) is 7.74. The number of carbonyl (C=O) groups is 2. The highest BCUT2D eigenvalue weighted by Gasteiger charge is 2.40. The molecule has 0 heterocycles. The van der Waals surface area contributed by atoms with Crippen molar-refractivity contribution in [3.63, 3.8) is 0 Å². The molecule has 0 aromatic carbocycles. The number of ether oxygens (including phenoxy) is 1. The van der Waals surface area contributed by atoms with E-state index in [1.54, 1.807) is 13.8 Å². The lowest BCUT2D eigenvalue weighted by atomic mass is 9.74. The number of aliphatic carboxylic acids is 1. The SMILES string of the molecule is CC(C)OCCS(=O)(=O)NCC(=O)NC1(CC(=O)O)CCC1. The summed E-state index contributed by atoms with van der Waals surface area (Å²) in [7, 11) is -3.59. The van der Waals surface area contributed by atoms with Crippen molar-refractivity contribution in [2.24, 2.45) is 0 Å². The number of carbonyl (C=O) groups excluding carboxylic acids is 1. The average Bonchev–Trinajstić information content (AvgIpc) is 2.32. The van der Waals surface area contributed by atoms with Crippen molar-refractivity contribution >= 4 is 21.9 Å². The topological polar surface area (TPSA) is 122 Å². The number of hydrogen-bond donors (Lipinski definition) is 3. The predicted octanol–water partition coefficient (Wildman–Crippen LogP) is -0.156. The van der Waals surface area contributed by atoms with E-state index in [-0.39, 0.29) is 24.9 Å². The zero-order valence-electron chi connectivity index (χ0n) is 12.9. The van der Waals surface area contributed by atoms with Gasteiger partial charge in [-0.05, 0) is 33.1 Å². The molecule has 0 aromatic heterocycles. The van der Waals surface area contributed by atoms with Gasteiger partial charge in [-0.1, -0.05) is 0 Å². The van der Waals surface area contributed by atoms with Crippen LogP contribution in [-0.2, 0) is 24.3 Å². The van der Waals surface area contributed by atoms with Crippen LogP contribution in [0.3, 0.4) is 0 Å². The zero-order valence-corrected chi connectivity index (χ0v) is 13.7. The number of carboxylic acids is 1. The summed E-state index contributed by atoms with van der Waals surface area (Å²) >= 11 is 0. The summed E-state index contributed by atoms with van der Waals surface area (Å²) in [5, 5.41) is 11.5. The number of nitrogens with one attached hydrogen (secondary N) is 2. The van der Waals surface area contributed by atoms with Crippen molar-refractivity contribution in [2.75, 3.05) is 18.9 Å². The fourth-order valence-corrected chi connectivity index (χ4v) is 3.03. The van der Waals surface area contributed by atoms with E-state index < -0.39 is 34.0 Å². The molecule has 1 rings (SSSR count). The molecule has 1 amide bonds. The third-order valence-corrected chi connectivity index (χ3v) is 4.75. The number of amides is 1. The Morgan fingerprint density at radius 1 is 1.32 bits per heavy atom. The number of hydrogen-bond acceptors (Lipinski definition) is 5. The van der Waals surface area contributed by atoms with Crippen LogP contribution >= 0.6 is 0 Å². The maximum Gasteiger partial charge on any atom is 0.305 e. The van der Waals surface area contributed by atoms with Crippen LogP contribution in [0.1, 0.15) is 39.5 Å². The van der Waals surface area contributed by atoms with E-state index in [2.05, 4.69) is 10.0 Å². The van der Waals surface area contributed by atoms with Crippen molar-refractivity contribution in [1.82, 2.24) is 10.0 Å². The van der Waals surface area contributed by atoms with Crippen molar-refractivity contribution < 1.29 is 27.9 Å². The molecule has 0 aromatic rings. The van der Waals surface area contributed by atoms with Gasteiger partial charge in [-0.3, -0.25) is 9.59 Å². The minimum Gasteiger partial charge on any atom is -0.481 e. The van der Waals surface area contributed by atoms with Gasteiger partial charge < -0.3 is 15.2 Å². The Hall–Kier alpha value is -1.19. The molecule has 1 aliphatic rings. The van der Waals surface area contributed by atoms with Crippen LogP contribution in [0.25, 0.3) is 0 Å². The monoisotopic (exact) mass is 336 g/mol. The maximum atomic E-state index is 11.8. The van der Waals surface area contributed by atoms with Crippen molar-refractivity contribution in [2.45, 2.75) is 51.2 Å². The van der Waals surface area contributed by atoms with Crippen molar-refractivity contribution in [3.8, 4) is 0 Å². The van der Waals surface area contributed by atoms with Gasteiger partial charge in [0.25, 0.3) is 0 Å². The highest BCUT2D eigenvalue weighted by atomic mass is 32.2. The predicted molar refractivity (Wildman–Crippen MR) is 79.9 cm³/mol. The van der Waals surface area contributed by atoms with Gasteiger partial charge in [-0.2, -0.15) is 0 Å². The molecule has 1 fully saturated rings. The molecule has 0 bridgehead atoms. The first kappa shape index (κ1) is 18.9. The average molecular weight is 336 g/mol. The number of sulfonamides is 1. The summed E-state index contributed by atoms with van der Waals surface area (Å²) in [6.45, 7) is 3.25. The van der Waals surface area contributed by atoms with Gasteiger partial charge in [0.05, 0.1) is 37.0 Å². The van der Waals surface area contributed by atoms with Gasteiger partial charge in [0.15, 0.2) is 0 Å². The van der Waals surface area contributed by atoms with E-state index in [9.17, 15) is 18.0 Å². The summed E-state index contributed by atoms with van der Waals surface area (Å²) in [5.41, 5.74) is -0.727. The molecule has 0 spiro atoms. The Morgan fingerprint density at radius 3 is 2.41 bits per heavy atom. The lowest BCUT2D eigenvalue weighted by Gasteiger charge is -2.41. The summed E-state index contributed by atoms with van der Waals surface area (Å²) < 4.78 is 30.7. The van der Waals surface area contributed by atoms with Crippen molar-refractivity contribution in [3.05, 3.63) is 0 Å². The molecule has 9 heteroatoms. The highest BCUT2D eigenvalue weighted by molar-refractivity contribution is 7.89. The smallest absolute Gasteiger partial charge is 0.305 e. The van der Waals surface area contributed by atoms with Crippen LogP contribution in [-0.4, -0.2) is 55.9 Å². The quantitative estimate of drug-likeness (QED) is 0.510. The molecule has 0 radical (unpaired) electrons. The summed E-state index contributed by atoms with van der Waals surface area (Å²) in [6.07, 6.45) is 1.84. The van der Waals surface area contributed by atoms with Crippen LogP contribution in [0.4, 0.5) is 0 Å². The Balaban J connectivity index is 2.37. The normalized spacial score (nSPS) is 17.0. The number of carboxylic acid groups (broad SMARTS) is 1. The van der Waals surface area contributed by atoms with Gasteiger partial charge >= 0.3 is 5.97 Å². The molecule has 1 aliphatic carbocycles.